The predicted molar refractivity (Wildman–Crippen MR) is 84.2 cm³/mol. The Morgan fingerprint density at radius 2 is 1.18 bits per heavy atom. The highest BCUT2D eigenvalue weighted by Gasteiger charge is 2.09. The maximum absolute atomic E-state index is 3.60. The molecule has 0 fully saturated rings. The zero-order valence-corrected chi connectivity index (χ0v) is 13.5. The minimum Gasteiger partial charge on any atom is -0.135 e. The number of rotatable bonds is 0. The smallest absolute Gasteiger partial charge is 0.0366 e. The largest absolute Gasteiger partial charge is 0.135 e. The topological polar surface area (TPSA) is 0 Å². The molecule has 86 valence electrons. The SMILES string of the molecule is Cc1cc2c(cc1Br)sc1cc(Br)c(C)cc12. The van der Waals surface area contributed by atoms with Gasteiger partial charge in [0.05, 0.1) is 0 Å². The van der Waals surface area contributed by atoms with Crippen LogP contribution in [0.2, 0.25) is 0 Å². The highest BCUT2D eigenvalue weighted by Crippen LogP contribution is 2.38. The molecule has 0 spiro atoms. The van der Waals surface area contributed by atoms with Gasteiger partial charge in [-0.3, -0.25) is 0 Å². The Morgan fingerprint density at radius 1 is 0.765 bits per heavy atom. The lowest BCUT2D eigenvalue weighted by Gasteiger charge is -2.00. The molecular formula is C14H10Br2S. The van der Waals surface area contributed by atoms with Crippen molar-refractivity contribution >= 4 is 63.4 Å². The maximum Gasteiger partial charge on any atom is 0.0366 e. The van der Waals surface area contributed by atoms with Gasteiger partial charge in [-0.1, -0.05) is 31.9 Å². The molecular weight excluding hydrogens is 360 g/mol. The van der Waals surface area contributed by atoms with E-state index < -0.39 is 0 Å². The Bertz CT molecular complexity index is 679. The molecule has 0 aliphatic carbocycles. The molecule has 0 aliphatic rings. The summed E-state index contributed by atoms with van der Waals surface area (Å²) in [7, 11) is 0. The molecule has 3 rings (SSSR count). The van der Waals surface area contributed by atoms with Crippen molar-refractivity contribution in [2.24, 2.45) is 0 Å². The Hall–Kier alpha value is -0.380. The molecule has 0 bridgehead atoms. The van der Waals surface area contributed by atoms with Gasteiger partial charge in [0.15, 0.2) is 0 Å². The Labute approximate surface area is 121 Å². The van der Waals surface area contributed by atoms with Crippen molar-refractivity contribution < 1.29 is 0 Å². The van der Waals surface area contributed by atoms with Crippen molar-refractivity contribution in [3.8, 4) is 0 Å². The quantitative estimate of drug-likeness (QED) is 0.442. The summed E-state index contributed by atoms with van der Waals surface area (Å²) in [5, 5.41) is 2.72. The Kier molecular flexibility index (Phi) is 2.80. The third kappa shape index (κ3) is 1.85. The lowest BCUT2D eigenvalue weighted by atomic mass is 10.1. The second-order valence-electron chi connectivity index (χ2n) is 4.30. The van der Waals surface area contributed by atoms with Gasteiger partial charge in [0.1, 0.15) is 0 Å². The van der Waals surface area contributed by atoms with Gasteiger partial charge in [0.2, 0.25) is 0 Å². The third-order valence-electron chi connectivity index (χ3n) is 3.03. The van der Waals surface area contributed by atoms with Gasteiger partial charge in [-0.2, -0.15) is 0 Å². The van der Waals surface area contributed by atoms with Gasteiger partial charge >= 0.3 is 0 Å². The van der Waals surface area contributed by atoms with Crippen LogP contribution < -0.4 is 0 Å². The maximum atomic E-state index is 3.60. The Balaban J connectivity index is 2.51. The van der Waals surface area contributed by atoms with Crippen LogP contribution in [-0.4, -0.2) is 0 Å². The van der Waals surface area contributed by atoms with E-state index in [1.807, 2.05) is 11.3 Å². The van der Waals surface area contributed by atoms with Crippen LogP contribution in [0.1, 0.15) is 11.1 Å². The first kappa shape index (κ1) is 11.7. The van der Waals surface area contributed by atoms with E-state index in [4.69, 9.17) is 0 Å². The van der Waals surface area contributed by atoms with E-state index in [1.165, 1.54) is 40.2 Å². The van der Waals surface area contributed by atoms with Crippen molar-refractivity contribution in [2.75, 3.05) is 0 Å². The van der Waals surface area contributed by atoms with Gasteiger partial charge in [-0.15, -0.1) is 11.3 Å². The molecule has 0 nitrogen and oxygen atoms in total. The summed E-state index contributed by atoms with van der Waals surface area (Å²) < 4.78 is 5.06. The van der Waals surface area contributed by atoms with Crippen molar-refractivity contribution in [1.29, 1.82) is 0 Å². The number of hydrogen-bond acceptors (Lipinski definition) is 1. The van der Waals surface area contributed by atoms with E-state index in [0.717, 1.165) is 0 Å². The van der Waals surface area contributed by atoms with Crippen molar-refractivity contribution in [3.63, 3.8) is 0 Å². The third-order valence-corrected chi connectivity index (χ3v) is 5.86. The number of halogens is 2. The van der Waals surface area contributed by atoms with E-state index in [0.29, 0.717) is 0 Å². The van der Waals surface area contributed by atoms with Crippen molar-refractivity contribution in [1.82, 2.24) is 0 Å². The minimum atomic E-state index is 1.19. The first-order valence-electron chi connectivity index (χ1n) is 5.35. The summed E-state index contributed by atoms with van der Waals surface area (Å²) in [4.78, 5) is 0. The molecule has 0 atom stereocenters. The molecule has 0 radical (unpaired) electrons. The molecule has 0 aliphatic heterocycles. The molecule has 0 N–H and O–H groups in total. The molecule has 3 heteroatoms. The van der Waals surface area contributed by atoms with E-state index in [-0.39, 0.29) is 0 Å². The monoisotopic (exact) mass is 368 g/mol. The number of aryl methyl sites for hydroxylation is 2. The van der Waals surface area contributed by atoms with E-state index in [1.54, 1.807) is 0 Å². The van der Waals surface area contributed by atoms with Crippen LogP contribution in [0.3, 0.4) is 0 Å². The summed E-state index contributed by atoms with van der Waals surface area (Å²) in [6, 6.07) is 8.98. The fraction of sp³-hybridized carbons (Fsp3) is 0.143. The first-order valence-corrected chi connectivity index (χ1v) is 7.75. The van der Waals surface area contributed by atoms with E-state index in [2.05, 4.69) is 70.0 Å². The molecule has 17 heavy (non-hydrogen) atoms. The molecule has 1 heterocycles. The average molecular weight is 370 g/mol. The minimum absolute atomic E-state index is 1.19. The lowest BCUT2D eigenvalue weighted by Crippen LogP contribution is -1.76. The second kappa shape index (κ2) is 4.08. The van der Waals surface area contributed by atoms with Gasteiger partial charge < -0.3 is 0 Å². The van der Waals surface area contributed by atoms with Crippen molar-refractivity contribution in [3.05, 3.63) is 44.3 Å². The second-order valence-corrected chi connectivity index (χ2v) is 7.09. The first-order chi connectivity index (χ1) is 8.06. The highest BCUT2D eigenvalue weighted by molar-refractivity contribution is 9.10. The molecule has 3 aromatic rings. The summed E-state index contributed by atoms with van der Waals surface area (Å²) in [6.07, 6.45) is 0. The number of fused-ring (bicyclic) bond motifs is 3. The van der Waals surface area contributed by atoms with Gasteiger partial charge in [-0.05, 0) is 49.2 Å². The number of hydrogen-bond donors (Lipinski definition) is 0. The Morgan fingerprint density at radius 3 is 1.59 bits per heavy atom. The molecule has 0 unspecified atom stereocenters. The van der Waals surface area contributed by atoms with Crippen molar-refractivity contribution in [2.45, 2.75) is 13.8 Å². The van der Waals surface area contributed by atoms with Crippen LogP contribution >= 0.6 is 43.2 Å². The lowest BCUT2D eigenvalue weighted by molar-refractivity contribution is 1.46. The summed E-state index contributed by atoms with van der Waals surface area (Å²) >= 11 is 9.05. The van der Waals surface area contributed by atoms with Crippen LogP contribution in [0, 0.1) is 13.8 Å². The van der Waals surface area contributed by atoms with Crippen LogP contribution in [0.4, 0.5) is 0 Å². The average Bonchev–Trinajstić information content (AvgIpc) is 2.58. The predicted octanol–water partition coefficient (Wildman–Crippen LogP) is 6.20. The number of benzene rings is 2. The fourth-order valence-electron chi connectivity index (χ4n) is 2.03. The summed E-state index contributed by atoms with van der Waals surface area (Å²) in [5.41, 5.74) is 2.58. The molecule has 0 saturated carbocycles. The standard InChI is InChI=1S/C14H10Br2S/c1-7-3-9-10-4-8(2)12(16)6-14(10)17-13(9)5-11(7)15/h3-6H,1-2H3. The van der Waals surface area contributed by atoms with Gasteiger partial charge in [0, 0.05) is 29.1 Å². The van der Waals surface area contributed by atoms with Crippen LogP contribution in [-0.2, 0) is 0 Å². The molecule has 2 aromatic carbocycles. The van der Waals surface area contributed by atoms with Crippen LogP contribution in [0.5, 0.6) is 0 Å². The normalized spacial score (nSPS) is 11.5. The number of thiophene rings is 1. The zero-order chi connectivity index (χ0) is 12.2. The molecule has 1 aromatic heterocycles. The van der Waals surface area contributed by atoms with Gasteiger partial charge in [-0.25, -0.2) is 0 Å². The van der Waals surface area contributed by atoms with E-state index >= 15 is 0 Å². The fourth-order valence-corrected chi connectivity index (χ4v) is 4.17. The van der Waals surface area contributed by atoms with Crippen LogP contribution in [0.15, 0.2) is 33.2 Å². The summed E-state index contributed by atoms with van der Waals surface area (Å²) in [6.45, 7) is 4.28. The summed E-state index contributed by atoms with van der Waals surface area (Å²) in [5.74, 6) is 0. The molecule has 0 amide bonds. The zero-order valence-electron chi connectivity index (χ0n) is 9.47. The highest BCUT2D eigenvalue weighted by atomic mass is 79.9. The molecule has 0 saturated heterocycles. The van der Waals surface area contributed by atoms with Gasteiger partial charge in [0.25, 0.3) is 0 Å². The van der Waals surface area contributed by atoms with E-state index in [9.17, 15) is 0 Å². The van der Waals surface area contributed by atoms with Crippen LogP contribution in [0.25, 0.3) is 20.2 Å².